The molecule has 0 radical (unpaired) electrons. The number of nitrogens with zero attached hydrogens (tertiary/aromatic N) is 3. The smallest absolute Gasteiger partial charge is 0.178 e. The number of fused-ring (bicyclic) bond motifs is 1. The van der Waals surface area contributed by atoms with Crippen LogP contribution >= 0.6 is 0 Å². The number of nitriles is 1. The van der Waals surface area contributed by atoms with E-state index in [-0.39, 0.29) is 23.8 Å². The number of hydrogen-bond donors (Lipinski definition) is 1. The van der Waals surface area contributed by atoms with Crippen molar-refractivity contribution in [2.45, 2.75) is 38.0 Å². The molecular weight excluding hydrogens is 378 g/mol. The standard InChI is InChI=1S/C24H23N3O3/c1-15-21(24(29)12-26-20-9-22(26)23(28)10-20)8-19(7-4-17-13-30-14-17)27(15)18-5-2-16(11-25)3-6-18/h2-3,5-6,8,17,20,22-23,28H,9-10,12-14H2,1H3/t20?,22?,23-/m0/s1. The topological polar surface area (TPSA) is 78.5 Å². The Kier molecular flexibility index (Phi) is 4.72. The van der Waals surface area contributed by atoms with Gasteiger partial charge in [-0.1, -0.05) is 5.92 Å². The van der Waals surface area contributed by atoms with Crippen molar-refractivity contribution < 1.29 is 14.6 Å². The van der Waals surface area contributed by atoms with E-state index in [0.717, 1.165) is 29.9 Å². The number of rotatable bonds is 4. The Balaban J connectivity index is 1.48. The van der Waals surface area contributed by atoms with Gasteiger partial charge in [0.15, 0.2) is 5.78 Å². The van der Waals surface area contributed by atoms with E-state index in [1.54, 1.807) is 12.1 Å². The molecule has 6 heteroatoms. The summed E-state index contributed by atoms with van der Waals surface area (Å²) in [6.45, 7) is 3.56. The summed E-state index contributed by atoms with van der Waals surface area (Å²) < 4.78 is 7.19. The number of benzene rings is 1. The number of carbonyl (C=O) groups excluding carboxylic acids is 1. The molecule has 1 aromatic heterocycles. The third-order valence-corrected chi connectivity index (χ3v) is 6.54. The van der Waals surface area contributed by atoms with Gasteiger partial charge in [-0.3, -0.25) is 9.69 Å². The van der Waals surface area contributed by atoms with E-state index < -0.39 is 0 Å². The van der Waals surface area contributed by atoms with Crippen LogP contribution in [-0.4, -0.2) is 58.3 Å². The summed E-state index contributed by atoms with van der Waals surface area (Å²) in [6.07, 6.45) is 1.45. The minimum atomic E-state index is -0.307. The summed E-state index contributed by atoms with van der Waals surface area (Å²) in [4.78, 5) is 15.3. The zero-order valence-corrected chi connectivity index (χ0v) is 16.8. The van der Waals surface area contributed by atoms with Crippen molar-refractivity contribution >= 4 is 5.78 Å². The van der Waals surface area contributed by atoms with E-state index in [9.17, 15) is 9.90 Å². The van der Waals surface area contributed by atoms with Crippen LogP contribution in [0, 0.1) is 36.0 Å². The van der Waals surface area contributed by atoms with E-state index in [4.69, 9.17) is 10.00 Å². The van der Waals surface area contributed by atoms with Crippen molar-refractivity contribution in [3.63, 3.8) is 0 Å². The number of hydrogen-bond acceptors (Lipinski definition) is 5. The molecule has 1 aliphatic carbocycles. The third kappa shape index (κ3) is 3.14. The Morgan fingerprint density at radius 1 is 1.27 bits per heavy atom. The first-order valence-electron chi connectivity index (χ1n) is 10.3. The minimum Gasteiger partial charge on any atom is -0.391 e. The van der Waals surface area contributed by atoms with Crippen LogP contribution in [0.1, 0.15) is 40.2 Å². The third-order valence-electron chi connectivity index (χ3n) is 6.54. The lowest BCUT2D eigenvalue weighted by Gasteiger charge is -2.40. The van der Waals surface area contributed by atoms with Gasteiger partial charge in [0.05, 0.1) is 49.1 Å². The summed E-state index contributed by atoms with van der Waals surface area (Å²) in [6, 6.07) is 11.8. The summed E-state index contributed by atoms with van der Waals surface area (Å²) in [5.41, 5.74) is 3.73. The zero-order chi connectivity index (χ0) is 20.8. The molecule has 1 aromatic carbocycles. The Bertz CT molecular complexity index is 1100. The fourth-order valence-corrected chi connectivity index (χ4v) is 4.72. The quantitative estimate of drug-likeness (QED) is 0.627. The highest BCUT2D eigenvalue weighted by Crippen LogP contribution is 2.40. The Labute approximate surface area is 175 Å². The first-order chi connectivity index (χ1) is 14.5. The molecule has 6 nitrogen and oxygen atoms in total. The molecule has 3 aliphatic heterocycles. The number of aromatic nitrogens is 1. The monoisotopic (exact) mass is 401 g/mol. The van der Waals surface area contributed by atoms with Crippen LogP contribution in [0.2, 0.25) is 0 Å². The van der Waals surface area contributed by atoms with Gasteiger partial charge in [0.1, 0.15) is 0 Å². The second-order valence-corrected chi connectivity index (χ2v) is 8.38. The van der Waals surface area contributed by atoms with Gasteiger partial charge in [-0.25, -0.2) is 0 Å². The second kappa shape index (κ2) is 7.41. The molecule has 2 aromatic rings. The maximum atomic E-state index is 13.1. The van der Waals surface area contributed by atoms with Crippen molar-refractivity contribution in [2.24, 2.45) is 5.92 Å². The van der Waals surface area contributed by atoms with Crippen LogP contribution in [-0.2, 0) is 4.74 Å². The summed E-state index contributed by atoms with van der Waals surface area (Å²) in [5, 5.41) is 19.1. The average molecular weight is 401 g/mol. The maximum absolute atomic E-state index is 13.1. The van der Waals surface area contributed by atoms with E-state index >= 15 is 0 Å². The lowest BCUT2D eigenvalue weighted by Crippen LogP contribution is -2.52. The number of aliphatic hydroxyl groups is 1. The lowest BCUT2D eigenvalue weighted by molar-refractivity contribution is -0.00301. The molecule has 1 N–H and O–H groups in total. The number of Topliss-reactive ketones (excluding diaryl/α,β-unsaturated/α-hetero) is 1. The number of ether oxygens (including phenoxy) is 1. The Hall–Kier alpha value is -2.90. The van der Waals surface area contributed by atoms with Crippen LogP contribution in [0.3, 0.4) is 0 Å². The SMILES string of the molecule is Cc1c(C(=O)CN2C3CC2[C@@H](O)C3)cc(C#CC2COC2)n1-c1ccc(C#N)cc1. The molecule has 30 heavy (non-hydrogen) atoms. The molecular formula is C24H23N3O3. The van der Waals surface area contributed by atoms with E-state index in [0.29, 0.717) is 36.9 Å². The van der Waals surface area contributed by atoms with Gasteiger partial charge < -0.3 is 14.4 Å². The first-order valence-corrected chi connectivity index (χ1v) is 10.3. The van der Waals surface area contributed by atoms with Crippen LogP contribution in [0.25, 0.3) is 5.69 Å². The van der Waals surface area contributed by atoms with Gasteiger partial charge in [-0.05, 0) is 56.0 Å². The van der Waals surface area contributed by atoms with Gasteiger partial charge >= 0.3 is 0 Å². The van der Waals surface area contributed by atoms with E-state index in [1.165, 1.54) is 0 Å². The average Bonchev–Trinajstić information content (AvgIpc) is 3.34. The largest absolute Gasteiger partial charge is 0.391 e. The summed E-state index contributed by atoms with van der Waals surface area (Å²) in [5.74, 6) is 6.76. The first kappa shape index (κ1) is 19.1. The van der Waals surface area contributed by atoms with Gasteiger partial charge in [0, 0.05) is 29.0 Å². The van der Waals surface area contributed by atoms with Crippen LogP contribution < -0.4 is 0 Å². The van der Waals surface area contributed by atoms with Crippen LogP contribution in [0.5, 0.6) is 0 Å². The number of aliphatic hydroxyl groups excluding tert-OH is 1. The zero-order valence-electron chi connectivity index (χ0n) is 16.8. The van der Waals surface area contributed by atoms with Crippen LogP contribution in [0.4, 0.5) is 0 Å². The van der Waals surface area contributed by atoms with Crippen LogP contribution in [0.15, 0.2) is 30.3 Å². The minimum absolute atomic E-state index is 0.0544. The molecule has 2 unspecified atom stereocenters. The predicted molar refractivity (Wildman–Crippen MR) is 110 cm³/mol. The molecule has 4 aliphatic rings. The highest BCUT2D eigenvalue weighted by atomic mass is 16.5. The Morgan fingerprint density at radius 2 is 2.03 bits per heavy atom. The fraction of sp³-hybridized carbons (Fsp3) is 0.417. The normalized spacial score (nSPS) is 25.0. The highest BCUT2D eigenvalue weighted by Gasteiger charge is 2.51. The molecule has 152 valence electrons. The fourth-order valence-electron chi connectivity index (χ4n) is 4.72. The molecule has 6 rings (SSSR count). The predicted octanol–water partition coefficient (Wildman–Crippen LogP) is 2.05. The van der Waals surface area contributed by atoms with Crippen molar-refractivity contribution in [1.82, 2.24) is 9.47 Å². The molecule has 0 spiro atoms. The van der Waals surface area contributed by atoms with E-state index in [1.807, 2.05) is 29.7 Å². The summed E-state index contributed by atoms with van der Waals surface area (Å²) in [7, 11) is 0. The van der Waals surface area contributed by atoms with Gasteiger partial charge in [-0.15, -0.1) is 0 Å². The molecule has 3 saturated heterocycles. The number of ketones is 1. The summed E-state index contributed by atoms with van der Waals surface area (Å²) >= 11 is 0. The molecule has 3 atom stereocenters. The molecule has 4 fully saturated rings. The van der Waals surface area contributed by atoms with Crippen molar-refractivity contribution in [1.29, 1.82) is 5.26 Å². The second-order valence-electron chi connectivity index (χ2n) is 8.38. The van der Waals surface area contributed by atoms with Crippen molar-refractivity contribution in [3.05, 3.63) is 52.8 Å². The number of carbonyl (C=O) groups is 1. The maximum Gasteiger partial charge on any atom is 0.178 e. The van der Waals surface area contributed by atoms with Gasteiger partial charge in [0.2, 0.25) is 0 Å². The van der Waals surface area contributed by atoms with E-state index in [2.05, 4.69) is 22.8 Å². The van der Waals surface area contributed by atoms with Gasteiger partial charge in [-0.2, -0.15) is 5.26 Å². The van der Waals surface area contributed by atoms with Crippen molar-refractivity contribution in [3.8, 4) is 23.6 Å². The highest BCUT2D eigenvalue weighted by molar-refractivity contribution is 5.99. The molecule has 4 heterocycles. The Morgan fingerprint density at radius 3 is 2.60 bits per heavy atom. The molecule has 0 amide bonds. The van der Waals surface area contributed by atoms with Crippen molar-refractivity contribution in [2.75, 3.05) is 19.8 Å². The lowest BCUT2D eigenvalue weighted by atomic mass is 10.0. The molecule has 2 bridgehead atoms. The molecule has 1 saturated carbocycles. The van der Waals surface area contributed by atoms with Gasteiger partial charge in [0.25, 0.3) is 0 Å².